The Kier molecular flexibility index (Phi) is 15.5. The maximum absolute atomic E-state index is 10.3. The summed E-state index contributed by atoms with van der Waals surface area (Å²) in [6, 6.07) is 0. The fraction of sp³-hybridized carbons (Fsp3) is 1.00. The van der Waals surface area contributed by atoms with E-state index in [-0.39, 0.29) is 0 Å². The average Bonchev–Trinajstić information content (AvgIpc) is 2.45. The molecule has 0 aliphatic rings. The van der Waals surface area contributed by atoms with Crippen LogP contribution in [-0.2, 0) is 16.3 Å². The molecule has 1 N–H and O–H groups in total. The van der Waals surface area contributed by atoms with E-state index in [1.807, 2.05) is 0 Å². The minimum Gasteiger partial charge on any atom is -0.337 e. The fourth-order valence-corrected chi connectivity index (χ4v) is 6.31. The van der Waals surface area contributed by atoms with Crippen LogP contribution in [0.3, 0.4) is 0 Å². The van der Waals surface area contributed by atoms with Crippen LogP contribution >= 0.6 is 17.1 Å². The highest BCUT2D eigenvalue weighted by Gasteiger charge is 2.16. The molecule has 2 nitrogen and oxygen atoms in total. The van der Waals surface area contributed by atoms with E-state index in [0.717, 1.165) is 30.4 Å². The lowest BCUT2D eigenvalue weighted by atomic mass is 9.98. The van der Waals surface area contributed by atoms with Gasteiger partial charge in [-0.25, -0.2) is 0 Å². The number of hydrogen-bond acceptors (Lipinski definition) is 3. The third-order valence-electron chi connectivity index (χ3n) is 4.69. The van der Waals surface area contributed by atoms with E-state index in [1.54, 1.807) is 0 Å². The molecule has 3 atom stereocenters. The summed E-state index contributed by atoms with van der Waals surface area (Å²) in [4.78, 5) is 10.3. The van der Waals surface area contributed by atoms with Crippen LogP contribution < -0.4 is 0 Å². The van der Waals surface area contributed by atoms with Crippen molar-refractivity contribution in [1.82, 2.24) is 0 Å². The summed E-state index contributed by atoms with van der Waals surface area (Å²) in [6.07, 6.45) is 9.86. The van der Waals surface area contributed by atoms with Gasteiger partial charge in [0, 0.05) is 5.75 Å². The Bertz CT molecular complexity index is 332. The molecule has 0 amide bonds. The molecule has 5 heteroatoms. The quantitative estimate of drug-likeness (QED) is 0.264. The Hall–Kier alpha value is 0.920. The van der Waals surface area contributed by atoms with Gasteiger partial charge < -0.3 is 9.42 Å². The van der Waals surface area contributed by atoms with E-state index >= 15 is 0 Å². The van der Waals surface area contributed by atoms with Gasteiger partial charge in [0.2, 0.25) is 5.69 Å². The smallest absolute Gasteiger partial charge is 0.244 e. The fourth-order valence-electron chi connectivity index (χ4n) is 2.81. The third kappa shape index (κ3) is 18.1. The Balaban J connectivity index is 3.74. The first-order valence-electron chi connectivity index (χ1n) is 10.2. The van der Waals surface area contributed by atoms with Crippen LogP contribution in [0.25, 0.3) is 0 Å². The van der Waals surface area contributed by atoms with Crippen LogP contribution in [0.15, 0.2) is 0 Å². The molecule has 0 fully saturated rings. The molecule has 0 aliphatic carbocycles. The van der Waals surface area contributed by atoms with Crippen LogP contribution in [0.1, 0.15) is 92.9 Å². The molecule has 0 saturated carbocycles. The van der Waals surface area contributed by atoms with E-state index < -0.39 is 5.69 Å². The van der Waals surface area contributed by atoms with Gasteiger partial charge in [-0.15, -0.1) is 0 Å². The third-order valence-corrected chi connectivity index (χ3v) is 9.05. The molecule has 25 heavy (non-hydrogen) atoms. The van der Waals surface area contributed by atoms with Crippen LogP contribution in [0, 0.1) is 23.7 Å². The summed E-state index contributed by atoms with van der Waals surface area (Å²) >= 11 is 6.78. The minimum atomic E-state index is -2.64. The van der Waals surface area contributed by atoms with Crippen molar-refractivity contribution in [3.63, 3.8) is 0 Å². The summed E-state index contributed by atoms with van der Waals surface area (Å²) in [5, 5.41) is 0. The van der Waals surface area contributed by atoms with Crippen LogP contribution in [0.2, 0.25) is 0 Å². The van der Waals surface area contributed by atoms with E-state index in [4.69, 9.17) is 16.3 Å². The van der Waals surface area contributed by atoms with Crippen molar-refractivity contribution < 1.29 is 9.42 Å². The Morgan fingerprint density at radius 3 is 1.76 bits per heavy atom. The van der Waals surface area contributed by atoms with Crippen molar-refractivity contribution in [2.24, 2.45) is 23.7 Å². The molecule has 0 aromatic rings. The maximum Gasteiger partial charge on any atom is 0.244 e. The van der Waals surface area contributed by atoms with Gasteiger partial charge in [-0.2, -0.15) is 0 Å². The Labute approximate surface area is 167 Å². The van der Waals surface area contributed by atoms with Crippen LogP contribution in [-0.4, -0.2) is 17.3 Å². The van der Waals surface area contributed by atoms with Gasteiger partial charge in [-0.05, 0) is 48.3 Å². The van der Waals surface area contributed by atoms with Gasteiger partial charge in [0.25, 0.3) is 0 Å². The lowest BCUT2D eigenvalue weighted by molar-refractivity contribution is 0.279. The highest BCUT2D eigenvalue weighted by molar-refractivity contribution is 8.67. The second-order valence-electron chi connectivity index (χ2n) is 8.57. The van der Waals surface area contributed by atoms with E-state index in [1.165, 1.54) is 49.9 Å². The van der Waals surface area contributed by atoms with Crippen molar-refractivity contribution in [3.8, 4) is 0 Å². The predicted octanol–water partition coefficient (Wildman–Crippen LogP) is 7.66. The normalized spacial score (nSPS) is 17.0. The van der Waals surface area contributed by atoms with E-state index in [0.29, 0.717) is 18.4 Å². The van der Waals surface area contributed by atoms with Crippen molar-refractivity contribution in [1.29, 1.82) is 0 Å². The van der Waals surface area contributed by atoms with E-state index in [2.05, 4.69) is 41.5 Å². The minimum absolute atomic E-state index is 0.605. The summed E-state index contributed by atoms with van der Waals surface area (Å²) in [5.74, 6) is 3.87. The summed E-state index contributed by atoms with van der Waals surface area (Å²) in [5.41, 5.74) is -2.64. The molecular formula is C20H43O2PS2. The highest BCUT2D eigenvalue weighted by atomic mass is 32.9. The molecule has 0 spiro atoms. The SMILES string of the molecule is CC(C)CCCC(C)CCOP(O)(=S)SCCC(C)CCCC(C)C. The van der Waals surface area contributed by atoms with Crippen molar-refractivity contribution >= 4 is 28.9 Å². The highest BCUT2D eigenvalue weighted by Crippen LogP contribution is 2.56. The molecule has 0 aromatic carbocycles. The van der Waals surface area contributed by atoms with Crippen LogP contribution in [0.4, 0.5) is 0 Å². The van der Waals surface area contributed by atoms with E-state index in [9.17, 15) is 4.89 Å². The molecule has 152 valence electrons. The monoisotopic (exact) mass is 410 g/mol. The lowest BCUT2D eigenvalue weighted by Crippen LogP contribution is -2.02. The first kappa shape index (κ1) is 25.9. The molecule has 3 unspecified atom stereocenters. The molecule has 0 radical (unpaired) electrons. The lowest BCUT2D eigenvalue weighted by Gasteiger charge is -2.18. The molecule has 0 rings (SSSR count). The largest absolute Gasteiger partial charge is 0.337 e. The van der Waals surface area contributed by atoms with Gasteiger partial charge in [0.1, 0.15) is 0 Å². The summed E-state index contributed by atoms with van der Waals surface area (Å²) in [6.45, 7) is 14.3. The summed E-state index contributed by atoms with van der Waals surface area (Å²) < 4.78 is 5.67. The zero-order valence-corrected chi connectivity index (χ0v) is 20.0. The van der Waals surface area contributed by atoms with Crippen molar-refractivity contribution in [3.05, 3.63) is 0 Å². The van der Waals surface area contributed by atoms with Crippen LogP contribution in [0.5, 0.6) is 0 Å². The number of rotatable bonds is 16. The topological polar surface area (TPSA) is 29.5 Å². The van der Waals surface area contributed by atoms with Gasteiger partial charge >= 0.3 is 0 Å². The predicted molar refractivity (Wildman–Crippen MR) is 120 cm³/mol. The zero-order chi connectivity index (χ0) is 19.3. The molecule has 0 aliphatic heterocycles. The molecule has 0 saturated heterocycles. The molecule has 0 bridgehead atoms. The number of hydrogen-bond donors (Lipinski definition) is 1. The van der Waals surface area contributed by atoms with Gasteiger partial charge in [0.15, 0.2) is 0 Å². The standard InChI is InChI=1S/C20H43O2PS2/c1-17(2)9-7-11-19(5)13-15-22-23(21,24)25-16-14-20(6)12-8-10-18(3)4/h17-20H,7-16H2,1-6H3,(H,21,24). The van der Waals surface area contributed by atoms with Gasteiger partial charge in [-0.1, -0.05) is 91.4 Å². The van der Waals surface area contributed by atoms with Gasteiger partial charge in [-0.3, -0.25) is 0 Å². The summed E-state index contributed by atoms with van der Waals surface area (Å²) in [7, 11) is 0. The Morgan fingerprint density at radius 2 is 1.28 bits per heavy atom. The first-order valence-corrected chi connectivity index (χ1v) is 14.5. The average molecular weight is 411 g/mol. The Morgan fingerprint density at radius 1 is 0.800 bits per heavy atom. The maximum atomic E-state index is 10.3. The molecular weight excluding hydrogens is 367 g/mol. The molecule has 0 aromatic heterocycles. The molecule has 0 heterocycles. The zero-order valence-electron chi connectivity index (χ0n) is 17.5. The first-order chi connectivity index (χ1) is 11.6. The second kappa shape index (κ2) is 14.9. The van der Waals surface area contributed by atoms with Crippen molar-refractivity contribution in [2.75, 3.05) is 12.4 Å². The van der Waals surface area contributed by atoms with Crippen molar-refractivity contribution in [2.45, 2.75) is 92.9 Å². The van der Waals surface area contributed by atoms with Gasteiger partial charge in [0.05, 0.1) is 6.61 Å². The second-order valence-corrected chi connectivity index (χ2v) is 14.9.